The molecule has 1 heterocycles. The summed E-state index contributed by atoms with van der Waals surface area (Å²) in [6.07, 6.45) is 1.50. The lowest BCUT2D eigenvalue weighted by molar-refractivity contribution is -0.136. The Labute approximate surface area is 111 Å². The summed E-state index contributed by atoms with van der Waals surface area (Å²) in [5, 5.41) is 8.83. The fourth-order valence-electron chi connectivity index (χ4n) is 1.83. The van der Waals surface area contributed by atoms with E-state index in [-0.39, 0.29) is 6.42 Å². The van der Waals surface area contributed by atoms with Crippen LogP contribution in [0.3, 0.4) is 0 Å². The highest BCUT2D eigenvalue weighted by Crippen LogP contribution is 2.18. The maximum atomic E-state index is 10.7. The fraction of sp³-hybridized carbons (Fsp3) is 0.286. The number of carboxylic acid groups (broad SMARTS) is 1. The number of aromatic nitrogens is 1. The molecule has 5 heteroatoms. The van der Waals surface area contributed by atoms with Crippen molar-refractivity contribution in [2.75, 3.05) is 11.4 Å². The summed E-state index contributed by atoms with van der Waals surface area (Å²) in [6, 6.07) is 9.70. The van der Waals surface area contributed by atoms with Crippen LogP contribution in [-0.2, 0) is 11.3 Å². The average Bonchev–Trinajstić information content (AvgIpc) is 2.81. The molecule has 2 rings (SSSR count). The van der Waals surface area contributed by atoms with Gasteiger partial charge >= 0.3 is 5.97 Å². The van der Waals surface area contributed by atoms with Crippen LogP contribution < -0.4 is 4.90 Å². The van der Waals surface area contributed by atoms with Crippen LogP contribution in [-0.4, -0.2) is 22.6 Å². The van der Waals surface area contributed by atoms with Gasteiger partial charge in [-0.25, -0.2) is 4.98 Å². The number of nitrogens with zero attached hydrogens (tertiary/aromatic N) is 2. The summed E-state index contributed by atoms with van der Waals surface area (Å²) in [5.41, 5.74) is 1.81. The van der Waals surface area contributed by atoms with Crippen molar-refractivity contribution in [2.45, 2.75) is 19.9 Å². The first-order valence-electron chi connectivity index (χ1n) is 6.07. The molecule has 2 aromatic rings. The summed E-state index contributed by atoms with van der Waals surface area (Å²) in [6.45, 7) is 2.83. The van der Waals surface area contributed by atoms with Gasteiger partial charge in [0.2, 0.25) is 0 Å². The van der Waals surface area contributed by atoms with Gasteiger partial charge in [0.1, 0.15) is 11.5 Å². The summed E-state index contributed by atoms with van der Waals surface area (Å²) < 4.78 is 5.17. The Bertz CT molecular complexity index is 537. The molecule has 0 aliphatic heterocycles. The minimum absolute atomic E-state index is 0.0891. The van der Waals surface area contributed by atoms with Crippen LogP contribution in [0.25, 0.3) is 0 Å². The molecule has 0 radical (unpaired) electrons. The molecule has 0 saturated heterocycles. The number of anilines is 1. The van der Waals surface area contributed by atoms with Crippen LogP contribution in [0, 0.1) is 6.92 Å². The van der Waals surface area contributed by atoms with E-state index in [1.165, 1.54) is 6.39 Å². The van der Waals surface area contributed by atoms with Gasteiger partial charge < -0.3 is 14.4 Å². The van der Waals surface area contributed by atoms with E-state index in [1.54, 1.807) is 0 Å². The Kier molecular flexibility index (Phi) is 4.18. The lowest BCUT2D eigenvalue weighted by Crippen LogP contribution is -2.26. The maximum Gasteiger partial charge on any atom is 0.305 e. The second-order valence-electron chi connectivity index (χ2n) is 4.26. The second kappa shape index (κ2) is 6.04. The van der Waals surface area contributed by atoms with E-state index in [0.717, 1.165) is 17.1 Å². The van der Waals surface area contributed by atoms with Crippen LogP contribution in [0.5, 0.6) is 0 Å². The molecule has 1 aromatic heterocycles. The van der Waals surface area contributed by atoms with Gasteiger partial charge in [-0.05, 0) is 19.1 Å². The lowest BCUT2D eigenvalue weighted by atomic mass is 10.2. The van der Waals surface area contributed by atoms with Crippen molar-refractivity contribution in [3.8, 4) is 0 Å². The van der Waals surface area contributed by atoms with E-state index in [0.29, 0.717) is 13.1 Å². The predicted octanol–water partition coefficient (Wildman–Crippen LogP) is 2.46. The molecule has 19 heavy (non-hydrogen) atoms. The van der Waals surface area contributed by atoms with Gasteiger partial charge in [-0.1, -0.05) is 18.2 Å². The van der Waals surface area contributed by atoms with Crippen molar-refractivity contribution in [2.24, 2.45) is 0 Å². The highest BCUT2D eigenvalue weighted by Gasteiger charge is 2.12. The van der Waals surface area contributed by atoms with E-state index in [9.17, 15) is 4.79 Å². The van der Waals surface area contributed by atoms with E-state index < -0.39 is 5.97 Å². The smallest absolute Gasteiger partial charge is 0.305 e. The van der Waals surface area contributed by atoms with Crippen LogP contribution in [0.4, 0.5) is 5.69 Å². The Morgan fingerprint density at radius 3 is 2.68 bits per heavy atom. The first-order chi connectivity index (χ1) is 9.16. The Balaban J connectivity index is 2.15. The molecule has 1 aromatic carbocycles. The SMILES string of the molecule is Cc1ocnc1CN(CCC(=O)O)c1ccccc1. The molecule has 0 unspecified atom stereocenters. The third kappa shape index (κ3) is 3.58. The Hall–Kier alpha value is -2.30. The van der Waals surface area contributed by atoms with Crippen molar-refractivity contribution in [3.63, 3.8) is 0 Å². The lowest BCUT2D eigenvalue weighted by Gasteiger charge is -2.23. The average molecular weight is 260 g/mol. The Morgan fingerprint density at radius 2 is 2.11 bits per heavy atom. The van der Waals surface area contributed by atoms with Crippen molar-refractivity contribution in [3.05, 3.63) is 48.2 Å². The molecule has 0 spiro atoms. The molecular formula is C14H16N2O3. The third-order valence-electron chi connectivity index (χ3n) is 2.90. The quantitative estimate of drug-likeness (QED) is 0.864. The van der Waals surface area contributed by atoms with E-state index in [1.807, 2.05) is 42.2 Å². The zero-order valence-corrected chi connectivity index (χ0v) is 10.7. The van der Waals surface area contributed by atoms with Crippen molar-refractivity contribution < 1.29 is 14.3 Å². The number of rotatable bonds is 6. The molecule has 0 fully saturated rings. The monoisotopic (exact) mass is 260 g/mol. The summed E-state index contributed by atoms with van der Waals surface area (Å²) in [5.74, 6) is -0.0472. The van der Waals surface area contributed by atoms with Crippen molar-refractivity contribution >= 4 is 11.7 Å². The molecule has 1 N–H and O–H groups in total. The largest absolute Gasteiger partial charge is 0.481 e. The standard InChI is InChI=1S/C14H16N2O3/c1-11-13(15-10-19-11)9-16(8-7-14(17)18)12-5-3-2-4-6-12/h2-6,10H,7-9H2,1H3,(H,17,18). The highest BCUT2D eigenvalue weighted by atomic mass is 16.4. The van der Waals surface area contributed by atoms with E-state index in [4.69, 9.17) is 9.52 Å². The Morgan fingerprint density at radius 1 is 1.37 bits per heavy atom. The number of benzene rings is 1. The molecule has 0 amide bonds. The maximum absolute atomic E-state index is 10.7. The molecule has 0 aliphatic rings. The number of aliphatic carboxylic acids is 1. The number of carboxylic acids is 1. The summed E-state index contributed by atoms with van der Waals surface area (Å²) in [4.78, 5) is 16.9. The zero-order valence-electron chi connectivity index (χ0n) is 10.7. The molecule has 0 saturated carbocycles. The van der Waals surface area contributed by atoms with Gasteiger partial charge in [0.15, 0.2) is 6.39 Å². The van der Waals surface area contributed by atoms with Gasteiger partial charge in [-0.3, -0.25) is 4.79 Å². The third-order valence-corrected chi connectivity index (χ3v) is 2.90. The topological polar surface area (TPSA) is 66.6 Å². The number of oxazole rings is 1. The first-order valence-corrected chi connectivity index (χ1v) is 6.07. The van der Waals surface area contributed by atoms with E-state index >= 15 is 0 Å². The molecule has 0 bridgehead atoms. The van der Waals surface area contributed by atoms with Gasteiger partial charge in [-0.2, -0.15) is 0 Å². The van der Waals surface area contributed by atoms with Gasteiger partial charge in [0.05, 0.1) is 13.0 Å². The minimum atomic E-state index is -0.808. The van der Waals surface area contributed by atoms with Crippen LogP contribution >= 0.6 is 0 Å². The summed E-state index contributed by atoms with van der Waals surface area (Å²) >= 11 is 0. The normalized spacial score (nSPS) is 10.4. The fourth-order valence-corrected chi connectivity index (χ4v) is 1.83. The number of hydrogen-bond acceptors (Lipinski definition) is 4. The number of aryl methyl sites for hydroxylation is 1. The van der Waals surface area contributed by atoms with Crippen LogP contribution in [0.2, 0.25) is 0 Å². The highest BCUT2D eigenvalue weighted by molar-refractivity contribution is 5.67. The molecule has 100 valence electrons. The summed E-state index contributed by atoms with van der Waals surface area (Å²) in [7, 11) is 0. The van der Waals surface area contributed by atoms with Gasteiger partial charge in [0, 0.05) is 12.2 Å². The van der Waals surface area contributed by atoms with Crippen LogP contribution in [0.1, 0.15) is 17.9 Å². The minimum Gasteiger partial charge on any atom is -0.481 e. The van der Waals surface area contributed by atoms with Gasteiger partial charge in [0.25, 0.3) is 0 Å². The first kappa shape index (κ1) is 13.1. The number of hydrogen-bond donors (Lipinski definition) is 1. The number of para-hydroxylation sites is 1. The second-order valence-corrected chi connectivity index (χ2v) is 4.26. The molecular weight excluding hydrogens is 244 g/mol. The zero-order chi connectivity index (χ0) is 13.7. The van der Waals surface area contributed by atoms with Crippen molar-refractivity contribution in [1.82, 2.24) is 4.98 Å². The predicted molar refractivity (Wildman–Crippen MR) is 71.0 cm³/mol. The molecule has 0 atom stereocenters. The molecule has 0 aliphatic carbocycles. The van der Waals surface area contributed by atoms with E-state index in [2.05, 4.69) is 4.98 Å². The molecule has 5 nitrogen and oxygen atoms in total. The number of carbonyl (C=O) groups is 1. The van der Waals surface area contributed by atoms with Crippen LogP contribution in [0.15, 0.2) is 41.1 Å². The van der Waals surface area contributed by atoms with Gasteiger partial charge in [-0.15, -0.1) is 0 Å². The van der Waals surface area contributed by atoms with Crippen molar-refractivity contribution in [1.29, 1.82) is 0 Å².